The predicted molar refractivity (Wildman–Crippen MR) is 94.2 cm³/mol. The zero-order valence-electron chi connectivity index (χ0n) is 13.8. The van der Waals surface area contributed by atoms with E-state index in [1.54, 1.807) is 0 Å². The Kier molecular flexibility index (Phi) is 4.14. The summed E-state index contributed by atoms with van der Waals surface area (Å²) in [5.41, 5.74) is 2.78. The summed E-state index contributed by atoms with van der Waals surface area (Å²) >= 11 is 0. The summed E-state index contributed by atoms with van der Waals surface area (Å²) in [6, 6.07) is 15.3. The first-order valence-corrected chi connectivity index (χ1v) is 8.61. The van der Waals surface area contributed by atoms with E-state index in [0.29, 0.717) is 13.0 Å². The normalized spacial score (nSPS) is 18.2. The van der Waals surface area contributed by atoms with Crippen LogP contribution < -0.4 is 15.4 Å². The molecule has 2 aliphatic rings. The molecule has 1 heterocycles. The maximum absolute atomic E-state index is 12.3. The fraction of sp³-hybridized carbons (Fsp3) is 0.300. The first-order valence-electron chi connectivity index (χ1n) is 8.61. The van der Waals surface area contributed by atoms with E-state index in [4.69, 9.17) is 4.74 Å². The van der Waals surface area contributed by atoms with Gasteiger partial charge in [0.15, 0.2) is 6.10 Å². The van der Waals surface area contributed by atoms with Crippen molar-refractivity contribution in [2.75, 3.05) is 5.32 Å². The predicted octanol–water partition coefficient (Wildman–Crippen LogP) is 2.66. The van der Waals surface area contributed by atoms with Crippen LogP contribution in [0.1, 0.15) is 24.0 Å². The third kappa shape index (κ3) is 3.65. The molecule has 4 rings (SSSR count). The molecule has 5 heteroatoms. The van der Waals surface area contributed by atoms with Gasteiger partial charge in [-0.3, -0.25) is 9.59 Å². The Hall–Kier alpha value is -2.82. The monoisotopic (exact) mass is 336 g/mol. The Morgan fingerprint density at radius 1 is 1.04 bits per heavy atom. The van der Waals surface area contributed by atoms with Gasteiger partial charge in [-0.2, -0.15) is 0 Å². The largest absolute Gasteiger partial charge is 0.480 e. The van der Waals surface area contributed by atoms with Crippen LogP contribution in [0.2, 0.25) is 0 Å². The highest BCUT2D eigenvalue weighted by molar-refractivity contribution is 5.94. The highest BCUT2D eigenvalue weighted by atomic mass is 16.5. The third-order valence-electron chi connectivity index (χ3n) is 4.55. The lowest BCUT2D eigenvalue weighted by Crippen LogP contribution is -2.37. The summed E-state index contributed by atoms with van der Waals surface area (Å²) in [4.78, 5) is 24.2. The van der Waals surface area contributed by atoms with Gasteiger partial charge in [-0.15, -0.1) is 0 Å². The molecule has 1 fully saturated rings. The molecule has 0 bridgehead atoms. The molecule has 1 atom stereocenters. The number of carbonyl (C=O) groups is 2. The quantitative estimate of drug-likeness (QED) is 0.882. The number of amides is 2. The summed E-state index contributed by atoms with van der Waals surface area (Å²) < 4.78 is 5.70. The molecule has 2 aromatic rings. The standard InChI is InChI=1S/C20H20N2O3/c23-19(14-8-9-14)22-16-6-3-4-13(10-16)12-21-20(24)18-11-15-5-1-2-7-17(15)25-18/h1-7,10,14,18H,8-9,11-12H2,(H,21,24)(H,22,23). The van der Waals surface area contributed by atoms with Crippen molar-refractivity contribution >= 4 is 17.5 Å². The lowest BCUT2D eigenvalue weighted by Gasteiger charge is -2.12. The second kappa shape index (κ2) is 6.59. The number of hydrogen-bond donors (Lipinski definition) is 2. The number of nitrogens with one attached hydrogen (secondary N) is 2. The van der Waals surface area contributed by atoms with Crippen molar-refractivity contribution in [1.29, 1.82) is 0 Å². The molecular weight excluding hydrogens is 316 g/mol. The summed E-state index contributed by atoms with van der Waals surface area (Å²) in [5.74, 6) is 0.916. The van der Waals surface area contributed by atoms with Crippen LogP contribution in [0.4, 0.5) is 5.69 Å². The minimum atomic E-state index is -0.477. The van der Waals surface area contributed by atoms with Crippen LogP contribution >= 0.6 is 0 Å². The van der Waals surface area contributed by atoms with E-state index in [2.05, 4.69) is 10.6 Å². The van der Waals surface area contributed by atoms with Crippen LogP contribution in [0.3, 0.4) is 0 Å². The van der Waals surface area contributed by atoms with E-state index in [1.165, 1.54) is 0 Å². The van der Waals surface area contributed by atoms with Gasteiger partial charge in [0, 0.05) is 24.6 Å². The first kappa shape index (κ1) is 15.7. The number of ether oxygens (including phenoxy) is 1. The molecule has 2 amide bonds. The van der Waals surface area contributed by atoms with Crippen molar-refractivity contribution in [3.8, 4) is 5.75 Å². The maximum atomic E-state index is 12.3. The van der Waals surface area contributed by atoms with Gasteiger partial charge in [0.2, 0.25) is 5.91 Å². The van der Waals surface area contributed by atoms with Gasteiger partial charge in [-0.05, 0) is 42.2 Å². The summed E-state index contributed by atoms with van der Waals surface area (Å²) in [6.07, 6.45) is 2.08. The van der Waals surface area contributed by atoms with Crippen molar-refractivity contribution < 1.29 is 14.3 Å². The Morgan fingerprint density at radius 3 is 2.68 bits per heavy atom. The Morgan fingerprint density at radius 2 is 1.88 bits per heavy atom. The number of carbonyl (C=O) groups excluding carboxylic acids is 2. The molecule has 0 radical (unpaired) electrons. The Bertz CT molecular complexity index is 789. The lowest BCUT2D eigenvalue weighted by molar-refractivity contribution is -0.127. The van der Waals surface area contributed by atoms with E-state index in [1.807, 2.05) is 48.5 Å². The van der Waals surface area contributed by atoms with Crippen molar-refractivity contribution in [1.82, 2.24) is 5.32 Å². The number of benzene rings is 2. The van der Waals surface area contributed by atoms with Gasteiger partial charge in [0.25, 0.3) is 5.91 Å². The Labute approximate surface area is 146 Å². The van der Waals surface area contributed by atoms with Gasteiger partial charge in [0.05, 0.1) is 0 Å². The van der Waals surface area contributed by atoms with Crippen molar-refractivity contribution in [2.24, 2.45) is 5.92 Å². The number of para-hydroxylation sites is 1. The fourth-order valence-electron chi connectivity index (χ4n) is 2.98. The average Bonchev–Trinajstić information content (AvgIpc) is 3.39. The summed E-state index contributed by atoms with van der Waals surface area (Å²) in [6.45, 7) is 0.405. The number of anilines is 1. The Balaban J connectivity index is 1.32. The van der Waals surface area contributed by atoms with Gasteiger partial charge < -0.3 is 15.4 Å². The topological polar surface area (TPSA) is 67.4 Å². The highest BCUT2D eigenvalue weighted by Crippen LogP contribution is 2.30. The molecule has 1 aliphatic carbocycles. The van der Waals surface area contributed by atoms with E-state index < -0.39 is 6.10 Å². The van der Waals surface area contributed by atoms with Crippen LogP contribution in [-0.4, -0.2) is 17.9 Å². The number of rotatable bonds is 5. The second-order valence-corrected chi connectivity index (χ2v) is 6.60. The van der Waals surface area contributed by atoms with Gasteiger partial charge in [0.1, 0.15) is 5.75 Å². The molecule has 2 N–H and O–H groups in total. The molecule has 2 aromatic carbocycles. The van der Waals surface area contributed by atoms with Crippen LogP contribution in [0, 0.1) is 5.92 Å². The van der Waals surface area contributed by atoms with E-state index >= 15 is 0 Å². The van der Waals surface area contributed by atoms with E-state index in [-0.39, 0.29) is 17.7 Å². The fourth-order valence-corrected chi connectivity index (χ4v) is 2.98. The van der Waals surface area contributed by atoms with Crippen LogP contribution in [-0.2, 0) is 22.6 Å². The molecule has 1 unspecified atom stereocenters. The molecule has 1 aliphatic heterocycles. The van der Waals surface area contributed by atoms with Crippen molar-refractivity contribution in [3.05, 3.63) is 59.7 Å². The summed E-state index contributed by atoms with van der Waals surface area (Å²) in [5, 5.41) is 5.84. The van der Waals surface area contributed by atoms with E-state index in [0.717, 1.165) is 35.4 Å². The molecule has 128 valence electrons. The molecule has 0 spiro atoms. The lowest BCUT2D eigenvalue weighted by atomic mass is 10.1. The summed E-state index contributed by atoms with van der Waals surface area (Å²) in [7, 11) is 0. The molecule has 0 aromatic heterocycles. The minimum Gasteiger partial charge on any atom is -0.480 e. The van der Waals surface area contributed by atoms with Gasteiger partial charge in [-0.1, -0.05) is 30.3 Å². The molecule has 5 nitrogen and oxygen atoms in total. The zero-order valence-corrected chi connectivity index (χ0v) is 13.8. The van der Waals surface area contributed by atoms with Crippen LogP contribution in [0.25, 0.3) is 0 Å². The number of fused-ring (bicyclic) bond motifs is 1. The zero-order chi connectivity index (χ0) is 17.2. The second-order valence-electron chi connectivity index (χ2n) is 6.60. The average molecular weight is 336 g/mol. The van der Waals surface area contributed by atoms with Gasteiger partial charge in [-0.25, -0.2) is 0 Å². The third-order valence-corrected chi connectivity index (χ3v) is 4.55. The highest BCUT2D eigenvalue weighted by Gasteiger charge is 2.30. The number of hydrogen-bond acceptors (Lipinski definition) is 3. The maximum Gasteiger partial charge on any atom is 0.261 e. The van der Waals surface area contributed by atoms with Crippen molar-refractivity contribution in [3.63, 3.8) is 0 Å². The molecule has 1 saturated carbocycles. The minimum absolute atomic E-state index is 0.0818. The first-order chi connectivity index (χ1) is 12.2. The molecule has 25 heavy (non-hydrogen) atoms. The SMILES string of the molecule is O=C(Nc1cccc(CNC(=O)C2Cc3ccccc3O2)c1)C1CC1. The van der Waals surface area contributed by atoms with Crippen LogP contribution in [0.15, 0.2) is 48.5 Å². The molecule has 0 saturated heterocycles. The molecular formula is C20H20N2O3. The van der Waals surface area contributed by atoms with Crippen LogP contribution in [0.5, 0.6) is 5.75 Å². The smallest absolute Gasteiger partial charge is 0.261 e. The van der Waals surface area contributed by atoms with Crippen molar-refractivity contribution in [2.45, 2.75) is 31.9 Å². The van der Waals surface area contributed by atoms with E-state index in [9.17, 15) is 9.59 Å². The van der Waals surface area contributed by atoms with Gasteiger partial charge >= 0.3 is 0 Å².